The van der Waals surface area contributed by atoms with Gasteiger partial charge in [0.25, 0.3) is 0 Å². The summed E-state index contributed by atoms with van der Waals surface area (Å²) in [6, 6.07) is 27.8. The molecule has 0 saturated heterocycles. The van der Waals surface area contributed by atoms with E-state index in [0.717, 1.165) is 22.4 Å². The minimum atomic E-state index is -0.135. The second-order valence-electron chi connectivity index (χ2n) is 8.01. The molecule has 0 radical (unpaired) electrons. The topological polar surface area (TPSA) is 49.4 Å². The molecule has 2 atom stereocenters. The first kappa shape index (κ1) is 22.3. The van der Waals surface area contributed by atoms with Gasteiger partial charge in [0.05, 0.1) is 6.04 Å². The summed E-state index contributed by atoms with van der Waals surface area (Å²) < 4.78 is 0. The first-order chi connectivity index (χ1) is 14.9. The van der Waals surface area contributed by atoms with Gasteiger partial charge in [-0.3, -0.25) is 9.59 Å². The van der Waals surface area contributed by atoms with E-state index in [9.17, 15) is 9.59 Å². The minimum Gasteiger partial charge on any atom is -0.332 e. The zero-order valence-electron chi connectivity index (χ0n) is 18.4. The average molecular weight is 415 g/mol. The van der Waals surface area contributed by atoms with Crippen LogP contribution in [0.4, 0.5) is 5.69 Å². The van der Waals surface area contributed by atoms with E-state index < -0.39 is 0 Å². The van der Waals surface area contributed by atoms with Crippen LogP contribution in [0.1, 0.15) is 55.8 Å². The van der Waals surface area contributed by atoms with E-state index in [4.69, 9.17) is 0 Å². The quantitative estimate of drug-likeness (QED) is 0.497. The number of amides is 2. The number of nitrogens with zero attached hydrogens (tertiary/aromatic N) is 1. The molecule has 1 N–H and O–H groups in total. The molecular formula is C27H30N2O2. The van der Waals surface area contributed by atoms with Crippen LogP contribution in [0.2, 0.25) is 0 Å². The van der Waals surface area contributed by atoms with E-state index in [-0.39, 0.29) is 23.8 Å². The number of nitrogens with one attached hydrogen (secondary N) is 1. The molecule has 0 aliphatic rings. The summed E-state index contributed by atoms with van der Waals surface area (Å²) in [6.07, 6.45) is 0.437. The summed E-state index contributed by atoms with van der Waals surface area (Å²) in [6.45, 7) is 6.16. The Kier molecular flexibility index (Phi) is 7.60. The van der Waals surface area contributed by atoms with Crippen molar-refractivity contribution in [3.63, 3.8) is 0 Å². The zero-order valence-corrected chi connectivity index (χ0v) is 18.4. The lowest BCUT2D eigenvalue weighted by atomic mass is 9.96. The third-order valence-electron chi connectivity index (χ3n) is 5.52. The minimum absolute atomic E-state index is 0.109. The standard InChI is InChI=1S/C27H30N2O2/c1-20(24-13-8-5-9-14-24)17-27(31)29(19-23-11-6-4-7-12-23)21(2)25-15-10-16-26(18-25)28-22(3)30/h4-16,18,20-21H,17,19H2,1-3H3,(H,28,30). The molecular weight excluding hydrogens is 384 g/mol. The van der Waals surface area contributed by atoms with Gasteiger partial charge in [0.1, 0.15) is 0 Å². The molecule has 3 aromatic rings. The molecule has 2 amide bonds. The molecule has 0 fully saturated rings. The van der Waals surface area contributed by atoms with E-state index in [1.54, 1.807) is 0 Å². The van der Waals surface area contributed by atoms with Crippen molar-refractivity contribution in [3.05, 3.63) is 102 Å². The summed E-state index contributed by atoms with van der Waals surface area (Å²) in [5.41, 5.74) is 3.98. The molecule has 0 bridgehead atoms. The average Bonchev–Trinajstić information content (AvgIpc) is 2.78. The molecule has 0 aliphatic heterocycles. The van der Waals surface area contributed by atoms with Gasteiger partial charge in [-0.05, 0) is 41.7 Å². The van der Waals surface area contributed by atoms with Crippen LogP contribution in [0.25, 0.3) is 0 Å². The third-order valence-corrected chi connectivity index (χ3v) is 5.52. The van der Waals surface area contributed by atoms with Gasteiger partial charge in [0.2, 0.25) is 11.8 Å². The van der Waals surface area contributed by atoms with Crippen LogP contribution in [0, 0.1) is 0 Å². The van der Waals surface area contributed by atoms with Crippen LogP contribution >= 0.6 is 0 Å². The monoisotopic (exact) mass is 414 g/mol. The Morgan fingerprint density at radius 1 is 0.839 bits per heavy atom. The van der Waals surface area contributed by atoms with Crippen LogP contribution < -0.4 is 5.32 Å². The number of rotatable bonds is 8. The Bertz CT molecular complexity index is 1000. The Morgan fingerprint density at radius 3 is 2.10 bits per heavy atom. The van der Waals surface area contributed by atoms with Crippen molar-refractivity contribution >= 4 is 17.5 Å². The summed E-state index contributed by atoms with van der Waals surface area (Å²) in [7, 11) is 0. The Balaban J connectivity index is 1.85. The molecule has 0 heterocycles. The number of hydrogen-bond donors (Lipinski definition) is 1. The highest BCUT2D eigenvalue weighted by atomic mass is 16.2. The van der Waals surface area contributed by atoms with Gasteiger partial charge in [-0.15, -0.1) is 0 Å². The number of hydrogen-bond acceptors (Lipinski definition) is 2. The predicted molar refractivity (Wildman–Crippen MR) is 126 cm³/mol. The summed E-state index contributed by atoms with van der Waals surface area (Å²) in [5, 5.41) is 2.83. The second-order valence-corrected chi connectivity index (χ2v) is 8.01. The lowest BCUT2D eigenvalue weighted by molar-refractivity contribution is -0.134. The van der Waals surface area contributed by atoms with Crippen molar-refractivity contribution in [3.8, 4) is 0 Å². The van der Waals surface area contributed by atoms with Gasteiger partial charge < -0.3 is 10.2 Å². The molecule has 3 rings (SSSR count). The molecule has 0 saturated carbocycles. The Morgan fingerprint density at radius 2 is 1.45 bits per heavy atom. The van der Waals surface area contributed by atoms with Gasteiger partial charge in [0, 0.05) is 25.6 Å². The molecule has 2 unspecified atom stereocenters. The first-order valence-electron chi connectivity index (χ1n) is 10.7. The SMILES string of the molecule is CC(=O)Nc1cccc(C(C)N(Cc2ccccc2)C(=O)CC(C)c2ccccc2)c1. The molecule has 4 nitrogen and oxygen atoms in total. The molecule has 0 spiro atoms. The van der Waals surface area contributed by atoms with Gasteiger partial charge in [-0.25, -0.2) is 0 Å². The summed E-state index contributed by atoms with van der Waals surface area (Å²) in [4.78, 5) is 26.9. The smallest absolute Gasteiger partial charge is 0.223 e. The van der Waals surface area contributed by atoms with Crippen LogP contribution in [-0.4, -0.2) is 16.7 Å². The highest BCUT2D eigenvalue weighted by Crippen LogP contribution is 2.28. The van der Waals surface area contributed by atoms with E-state index in [1.807, 2.05) is 84.6 Å². The molecule has 160 valence electrons. The Labute approximate surface area is 184 Å². The van der Waals surface area contributed by atoms with Gasteiger partial charge in [-0.1, -0.05) is 79.7 Å². The highest BCUT2D eigenvalue weighted by molar-refractivity contribution is 5.88. The summed E-state index contributed by atoms with van der Waals surface area (Å²) in [5.74, 6) is 0.126. The van der Waals surface area contributed by atoms with Crippen molar-refractivity contribution in [2.24, 2.45) is 0 Å². The van der Waals surface area contributed by atoms with Crippen LogP contribution in [0.5, 0.6) is 0 Å². The Hall–Kier alpha value is -3.40. The molecule has 0 aliphatic carbocycles. The highest BCUT2D eigenvalue weighted by Gasteiger charge is 2.24. The fourth-order valence-corrected chi connectivity index (χ4v) is 3.76. The molecule has 4 heteroatoms. The normalized spacial score (nSPS) is 12.6. The lowest BCUT2D eigenvalue weighted by Gasteiger charge is -2.31. The van der Waals surface area contributed by atoms with Crippen molar-refractivity contribution in [1.82, 2.24) is 4.90 Å². The third kappa shape index (κ3) is 6.29. The largest absolute Gasteiger partial charge is 0.332 e. The summed E-state index contributed by atoms with van der Waals surface area (Å²) >= 11 is 0. The van der Waals surface area contributed by atoms with Crippen LogP contribution in [0.3, 0.4) is 0 Å². The predicted octanol–water partition coefficient (Wildman–Crippen LogP) is 5.93. The van der Waals surface area contributed by atoms with E-state index in [0.29, 0.717) is 13.0 Å². The lowest BCUT2D eigenvalue weighted by Crippen LogP contribution is -2.34. The number of anilines is 1. The van der Waals surface area contributed by atoms with Crippen LogP contribution in [-0.2, 0) is 16.1 Å². The number of benzene rings is 3. The molecule has 0 aromatic heterocycles. The zero-order chi connectivity index (χ0) is 22.2. The van der Waals surface area contributed by atoms with E-state index in [1.165, 1.54) is 6.92 Å². The second kappa shape index (κ2) is 10.6. The van der Waals surface area contributed by atoms with Crippen LogP contribution in [0.15, 0.2) is 84.9 Å². The fourth-order valence-electron chi connectivity index (χ4n) is 3.76. The van der Waals surface area contributed by atoms with Crippen molar-refractivity contribution < 1.29 is 9.59 Å². The van der Waals surface area contributed by atoms with E-state index >= 15 is 0 Å². The molecule has 31 heavy (non-hydrogen) atoms. The maximum atomic E-state index is 13.5. The van der Waals surface area contributed by atoms with E-state index in [2.05, 4.69) is 24.4 Å². The van der Waals surface area contributed by atoms with Gasteiger partial charge >= 0.3 is 0 Å². The number of carbonyl (C=O) groups is 2. The van der Waals surface area contributed by atoms with Crippen molar-refractivity contribution in [2.45, 2.75) is 45.7 Å². The maximum absolute atomic E-state index is 13.5. The van der Waals surface area contributed by atoms with Crippen molar-refractivity contribution in [2.75, 3.05) is 5.32 Å². The van der Waals surface area contributed by atoms with Crippen molar-refractivity contribution in [1.29, 1.82) is 0 Å². The maximum Gasteiger partial charge on any atom is 0.223 e. The first-order valence-corrected chi connectivity index (χ1v) is 10.7. The molecule has 3 aromatic carbocycles. The van der Waals surface area contributed by atoms with Gasteiger partial charge in [0.15, 0.2) is 0 Å². The fraction of sp³-hybridized carbons (Fsp3) is 0.259. The van der Waals surface area contributed by atoms with Gasteiger partial charge in [-0.2, -0.15) is 0 Å². The number of carbonyl (C=O) groups excluding carboxylic acids is 2.